The smallest absolute Gasteiger partial charge is 0.0750 e. The van der Waals surface area contributed by atoms with Crippen LogP contribution in [0.4, 0.5) is 0 Å². The van der Waals surface area contributed by atoms with Crippen molar-refractivity contribution in [2.45, 2.75) is 212 Å². The fourth-order valence-electron chi connectivity index (χ4n) is 9.22. The molecule has 0 aromatic rings. The molecule has 2 aliphatic heterocycles. The van der Waals surface area contributed by atoms with E-state index in [1.807, 2.05) is 0 Å². The zero-order valence-corrected chi connectivity index (χ0v) is 32.5. The molecular formula is C46H81NO. The Morgan fingerprint density at radius 1 is 0.521 bits per heavy atom. The van der Waals surface area contributed by atoms with Crippen LogP contribution < -0.4 is 0 Å². The molecule has 3 fully saturated rings. The van der Waals surface area contributed by atoms with Gasteiger partial charge in [0.05, 0.1) is 11.7 Å². The highest BCUT2D eigenvalue weighted by atomic mass is 16.5. The molecule has 0 aromatic heterocycles. The first kappa shape index (κ1) is 41.3. The highest BCUT2D eigenvalue weighted by molar-refractivity contribution is 5.11. The lowest BCUT2D eigenvalue weighted by Crippen LogP contribution is -2.52. The Bertz CT molecular complexity index is 826. The maximum absolute atomic E-state index is 6.84. The predicted octanol–water partition coefficient (Wildman–Crippen LogP) is 14.3. The Morgan fingerprint density at radius 3 is 1.38 bits per heavy atom. The van der Waals surface area contributed by atoms with Crippen molar-refractivity contribution in [1.29, 1.82) is 0 Å². The largest absolute Gasteiger partial charge is 0.370 e. The van der Waals surface area contributed by atoms with E-state index in [1.165, 1.54) is 180 Å². The van der Waals surface area contributed by atoms with Gasteiger partial charge in [-0.15, -0.1) is 0 Å². The second kappa shape index (κ2) is 25.8. The highest BCUT2D eigenvalue weighted by Crippen LogP contribution is 2.62. The number of nitrogens with zero attached hydrogens (tertiary/aromatic N) is 1. The summed E-state index contributed by atoms with van der Waals surface area (Å²) in [5, 5.41) is 0. The average Bonchev–Trinajstić information content (AvgIpc) is 3.58. The van der Waals surface area contributed by atoms with Gasteiger partial charge in [-0.25, -0.2) is 0 Å². The Kier molecular flexibility index (Phi) is 22.2. The number of hydrogen-bond donors (Lipinski definition) is 0. The van der Waals surface area contributed by atoms with Crippen molar-refractivity contribution in [1.82, 2.24) is 4.90 Å². The van der Waals surface area contributed by atoms with E-state index in [4.69, 9.17) is 4.74 Å². The van der Waals surface area contributed by atoms with Gasteiger partial charge in [0.25, 0.3) is 0 Å². The molecule has 0 aromatic carbocycles. The Hall–Kier alpha value is -1.12. The molecule has 2 saturated heterocycles. The average molecular weight is 664 g/mol. The number of likely N-dealkylation sites (N-methyl/N-ethyl adjacent to an activating group) is 1. The molecule has 2 nitrogen and oxygen atoms in total. The quantitative estimate of drug-likeness (QED) is 0.0560. The molecule has 1 aliphatic carbocycles. The van der Waals surface area contributed by atoms with Crippen LogP contribution in [-0.2, 0) is 4.74 Å². The van der Waals surface area contributed by atoms with Crippen LogP contribution in [0.15, 0.2) is 48.6 Å². The Labute approximate surface area is 300 Å². The first-order valence-corrected chi connectivity index (χ1v) is 21.6. The van der Waals surface area contributed by atoms with Crippen molar-refractivity contribution >= 4 is 0 Å². The molecule has 2 atom stereocenters. The summed E-state index contributed by atoms with van der Waals surface area (Å²) in [7, 11) is 2.27. The predicted molar refractivity (Wildman–Crippen MR) is 213 cm³/mol. The molecule has 0 bridgehead atoms. The van der Waals surface area contributed by atoms with Gasteiger partial charge in [-0.1, -0.05) is 152 Å². The molecule has 3 rings (SSSR count). The summed E-state index contributed by atoms with van der Waals surface area (Å²) in [6, 6.07) is 0. The van der Waals surface area contributed by atoms with Crippen LogP contribution in [0, 0.1) is 11.3 Å². The van der Waals surface area contributed by atoms with Crippen LogP contribution >= 0.6 is 0 Å². The molecule has 3 aliphatic rings. The summed E-state index contributed by atoms with van der Waals surface area (Å²) in [6.07, 6.45) is 58.9. The van der Waals surface area contributed by atoms with Gasteiger partial charge in [0.2, 0.25) is 0 Å². The van der Waals surface area contributed by atoms with Crippen LogP contribution in [-0.4, -0.2) is 36.7 Å². The van der Waals surface area contributed by atoms with Crippen LogP contribution in [0.3, 0.4) is 0 Å². The molecule has 0 unspecified atom stereocenters. The summed E-state index contributed by atoms with van der Waals surface area (Å²) in [6.45, 7) is 6.98. The van der Waals surface area contributed by atoms with Crippen molar-refractivity contribution < 1.29 is 4.74 Å². The number of likely N-dealkylation sites (tertiary alicyclic amines) is 1. The van der Waals surface area contributed by atoms with E-state index in [0.29, 0.717) is 11.5 Å². The molecule has 48 heavy (non-hydrogen) atoms. The van der Waals surface area contributed by atoms with Crippen molar-refractivity contribution in [3.8, 4) is 0 Å². The lowest BCUT2D eigenvalue weighted by atomic mass is 9.54. The van der Waals surface area contributed by atoms with Crippen molar-refractivity contribution in [3.63, 3.8) is 0 Å². The molecule has 0 N–H and O–H groups in total. The second-order valence-electron chi connectivity index (χ2n) is 16.5. The molecule has 0 radical (unpaired) electrons. The molecule has 2 heterocycles. The van der Waals surface area contributed by atoms with E-state index in [9.17, 15) is 0 Å². The number of rotatable bonds is 30. The van der Waals surface area contributed by atoms with Crippen molar-refractivity contribution in [2.75, 3.05) is 20.1 Å². The molecule has 1 spiro atoms. The van der Waals surface area contributed by atoms with Crippen molar-refractivity contribution in [2.24, 2.45) is 11.3 Å². The standard InChI is InChI=1S/C46H81NO/c1-4-6-8-10-12-14-16-18-20-22-24-26-28-30-32-34-36-45(41-46(42-45)38-43-39-47(3)40-44(43)48-46)37-35-33-31-29-27-25-23-21-19-17-15-13-11-9-7-5-2/h12-15,18-21,43-44H,4-11,16-17,22-42H2,1-3H3/b14-12-,15-13-,20-18-,21-19-/t43-,44-/m1/s1. The third-order valence-electron chi connectivity index (χ3n) is 11.8. The van der Waals surface area contributed by atoms with Gasteiger partial charge >= 0.3 is 0 Å². The maximum atomic E-state index is 6.84. The van der Waals surface area contributed by atoms with E-state index in [0.717, 1.165) is 25.3 Å². The number of ether oxygens (including phenoxy) is 1. The normalized spacial score (nSPS) is 22.0. The van der Waals surface area contributed by atoms with Crippen molar-refractivity contribution in [3.05, 3.63) is 48.6 Å². The van der Waals surface area contributed by atoms with E-state index < -0.39 is 0 Å². The van der Waals surface area contributed by atoms with Gasteiger partial charge in [0, 0.05) is 19.0 Å². The van der Waals surface area contributed by atoms with Gasteiger partial charge in [0.15, 0.2) is 0 Å². The number of unbranched alkanes of at least 4 members (excludes halogenated alkanes) is 18. The summed E-state index contributed by atoms with van der Waals surface area (Å²) in [5.74, 6) is 0.803. The van der Waals surface area contributed by atoms with Gasteiger partial charge in [-0.3, -0.25) is 0 Å². The zero-order chi connectivity index (χ0) is 34.0. The van der Waals surface area contributed by atoms with Gasteiger partial charge < -0.3 is 9.64 Å². The number of allylic oxidation sites excluding steroid dienone is 8. The third kappa shape index (κ3) is 17.2. The second-order valence-corrected chi connectivity index (χ2v) is 16.5. The minimum Gasteiger partial charge on any atom is -0.370 e. The van der Waals surface area contributed by atoms with Crippen LogP contribution in [0.1, 0.15) is 200 Å². The fourth-order valence-corrected chi connectivity index (χ4v) is 9.22. The van der Waals surface area contributed by atoms with Gasteiger partial charge in [-0.2, -0.15) is 0 Å². The lowest BCUT2D eigenvalue weighted by Gasteiger charge is -2.55. The lowest BCUT2D eigenvalue weighted by molar-refractivity contribution is -0.167. The van der Waals surface area contributed by atoms with E-state index in [2.05, 4.69) is 74.4 Å². The minimum absolute atomic E-state index is 0.257. The molecule has 276 valence electrons. The number of fused-ring (bicyclic) bond motifs is 1. The summed E-state index contributed by atoms with van der Waals surface area (Å²) in [4.78, 5) is 2.49. The highest BCUT2D eigenvalue weighted by Gasteiger charge is 2.60. The molecule has 2 heteroatoms. The first-order valence-electron chi connectivity index (χ1n) is 21.6. The summed E-state index contributed by atoms with van der Waals surface area (Å²) < 4.78 is 6.84. The van der Waals surface area contributed by atoms with E-state index in [-0.39, 0.29) is 5.60 Å². The Morgan fingerprint density at radius 2 is 0.938 bits per heavy atom. The van der Waals surface area contributed by atoms with Gasteiger partial charge in [0.1, 0.15) is 0 Å². The van der Waals surface area contributed by atoms with Gasteiger partial charge in [-0.05, 0) is 109 Å². The van der Waals surface area contributed by atoms with E-state index >= 15 is 0 Å². The third-order valence-corrected chi connectivity index (χ3v) is 11.8. The monoisotopic (exact) mass is 664 g/mol. The van der Waals surface area contributed by atoms with Crippen LogP contribution in [0.2, 0.25) is 0 Å². The topological polar surface area (TPSA) is 12.5 Å². The molecular weight excluding hydrogens is 583 g/mol. The zero-order valence-electron chi connectivity index (χ0n) is 32.5. The SMILES string of the molecule is CCCCC/C=C\C/C=C\CCCCCCCCC1(CCCCCCCC/C=C\C/C=C\CCCCC)CC2(C[C@@H]3CN(C)C[C@H]3O2)C1. The van der Waals surface area contributed by atoms with Crippen LogP contribution in [0.5, 0.6) is 0 Å². The summed E-state index contributed by atoms with van der Waals surface area (Å²) in [5.41, 5.74) is 0.850. The maximum Gasteiger partial charge on any atom is 0.0750 e. The molecule has 1 saturated carbocycles. The Balaban J connectivity index is 1.22. The van der Waals surface area contributed by atoms with Crippen LogP contribution in [0.25, 0.3) is 0 Å². The van der Waals surface area contributed by atoms with E-state index in [1.54, 1.807) is 0 Å². The first-order chi connectivity index (χ1) is 23.6. The fraction of sp³-hybridized carbons (Fsp3) is 0.826. The molecule has 0 amide bonds. The summed E-state index contributed by atoms with van der Waals surface area (Å²) >= 11 is 0. The minimum atomic E-state index is 0.257. The number of hydrogen-bond acceptors (Lipinski definition) is 2.